The molecule has 5 aromatic rings. The summed E-state index contributed by atoms with van der Waals surface area (Å²) in [5.41, 5.74) is 2.02. The van der Waals surface area contributed by atoms with Crippen molar-refractivity contribution in [1.29, 1.82) is 0 Å². The zero-order valence-corrected chi connectivity index (χ0v) is 17.3. The monoisotopic (exact) mass is 419 g/mol. The van der Waals surface area contributed by atoms with Crippen LogP contribution in [-0.4, -0.2) is 11.0 Å². The molecule has 0 aliphatic heterocycles. The van der Waals surface area contributed by atoms with Gasteiger partial charge in [-0.1, -0.05) is 66.7 Å². The molecule has 4 heteroatoms. The van der Waals surface area contributed by atoms with Crippen LogP contribution in [-0.2, 0) is 6.61 Å². The first-order chi connectivity index (χ1) is 15.7. The largest absolute Gasteiger partial charge is 0.507 e. The molecule has 0 spiro atoms. The Labute approximate surface area is 185 Å². The molecule has 2 N–H and O–H groups in total. The number of nitrogens with one attached hydrogen (secondary N) is 1. The van der Waals surface area contributed by atoms with Gasteiger partial charge in [-0.15, -0.1) is 0 Å². The molecule has 0 bridgehead atoms. The maximum Gasteiger partial charge on any atom is 0.259 e. The number of anilines is 1. The van der Waals surface area contributed by atoms with Crippen LogP contribution in [0.5, 0.6) is 11.5 Å². The lowest BCUT2D eigenvalue weighted by Gasteiger charge is -2.12. The predicted octanol–water partition coefficient (Wildman–Crippen LogP) is 6.53. The summed E-state index contributed by atoms with van der Waals surface area (Å²) in [5, 5.41) is 17.0. The summed E-state index contributed by atoms with van der Waals surface area (Å²) >= 11 is 0. The van der Waals surface area contributed by atoms with Crippen LogP contribution in [0.1, 0.15) is 15.9 Å². The van der Waals surface area contributed by atoms with Crippen LogP contribution < -0.4 is 10.1 Å². The summed E-state index contributed by atoms with van der Waals surface area (Å²) < 4.78 is 5.93. The summed E-state index contributed by atoms with van der Waals surface area (Å²) in [4.78, 5) is 13.0. The second-order valence-electron chi connectivity index (χ2n) is 7.63. The molecule has 0 saturated heterocycles. The first kappa shape index (κ1) is 19.6. The van der Waals surface area contributed by atoms with E-state index in [0.717, 1.165) is 32.9 Å². The van der Waals surface area contributed by atoms with E-state index >= 15 is 0 Å². The van der Waals surface area contributed by atoms with E-state index < -0.39 is 0 Å². The second kappa shape index (κ2) is 8.44. The summed E-state index contributed by atoms with van der Waals surface area (Å²) in [5.74, 6) is 0.361. The van der Waals surface area contributed by atoms with Crippen molar-refractivity contribution in [2.75, 3.05) is 5.32 Å². The molecule has 5 rings (SSSR count). The number of rotatable bonds is 5. The lowest BCUT2D eigenvalue weighted by Crippen LogP contribution is -2.12. The van der Waals surface area contributed by atoms with Crippen LogP contribution in [0.4, 0.5) is 5.69 Å². The fourth-order valence-corrected chi connectivity index (χ4v) is 3.80. The lowest BCUT2D eigenvalue weighted by molar-refractivity contribution is 0.102. The number of benzene rings is 5. The third-order valence-electron chi connectivity index (χ3n) is 5.46. The minimum Gasteiger partial charge on any atom is -0.507 e. The van der Waals surface area contributed by atoms with Gasteiger partial charge in [0.15, 0.2) is 0 Å². The molecule has 0 unspecified atom stereocenters. The molecule has 0 aromatic heterocycles. The minimum absolute atomic E-state index is 0.0435. The highest BCUT2D eigenvalue weighted by Crippen LogP contribution is 2.30. The van der Waals surface area contributed by atoms with Crippen molar-refractivity contribution in [3.63, 3.8) is 0 Å². The van der Waals surface area contributed by atoms with Crippen molar-refractivity contribution >= 4 is 33.1 Å². The number of fused-ring (bicyclic) bond motifs is 2. The van der Waals surface area contributed by atoms with E-state index in [1.54, 1.807) is 12.1 Å². The zero-order valence-electron chi connectivity index (χ0n) is 17.3. The van der Waals surface area contributed by atoms with Gasteiger partial charge in [-0.05, 0) is 58.1 Å². The van der Waals surface area contributed by atoms with Crippen LogP contribution in [0.3, 0.4) is 0 Å². The number of ether oxygens (including phenoxy) is 1. The Morgan fingerprint density at radius 1 is 0.750 bits per heavy atom. The highest BCUT2D eigenvalue weighted by Gasteiger charge is 2.14. The summed E-state index contributed by atoms with van der Waals surface area (Å²) in [6, 6.07) is 32.5. The first-order valence-electron chi connectivity index (χ1n) is 10.4. The van der Waals surface area contributed by atoms with E-state index in [2.05, 4.69) is 5.32 Å². The average molecular weight is 419 g/mol. The standard InChI is InChI=1S/C28H21NO3/c30-27-17-21-10-5-4-9-20(21)16-25(27)28(31)29-26-12-6-11-22-15-23(13-14-24(22)26)32-18-19-7-2-1-3-8-19/h1-17,30H,18H2,(H,29,31). The molecule has 156 valence electrons. The Morgan fingerprint density at radius 2 is 1.47 bits per heavy atom. The molecule has 1 amide bonds. The molecule has 32 heavy (non-hydrogen) atoms. The first-order valence-corrected chi connectivity index (χ1v) is 10.4. The number of carbonyl (C=O) groups excluding carboxylic acids is 1. The molecule has 4 nitrogen and oxygen atoms in total. The zero-order chi connectivity index (χ0) is 21.9. The number of aromatic hydroxyl groups is 1. The maximum absolute atomic E-state index is 13.0. The van der Waals surface area contributed by atoms with E-state index in [4.69, 9.17) is 4.74 Å². The Balaban J connectivity index is 1.39. The highest BCUT2D eigenvalue weighted by atomic mass is 16.5. The third-order valence-corrected chi connectivity index (χ3v) is 5.46. The van der Waals surface area contributed by atoms with Crippen molar-refractivity contribution in [2.24, 2.45) is 0 Å². The Bertz CT molecular complexity index is 1430. The molecular weight excluding hydrogens is 398 g/mol. The van der Waals surface area contributed by atoms with Gasteiger partial charge in [-0.2, -0.15) is 0 Å². The minimum atomic E-state index is -0.356. The smallest absolute Gasteiger partial charge is 0.259 e. The van der Waals surface area contributed by atoms with Gasteiger partial charge in [0.25, 0.3) is 5.91 Å². The van der Waals surface area contributed by atoms with E-state index in [-0.39, 0.29) is 17.2 Å². The van der Waals surface area contributed by atoms with E-state index in [9.17, 15) is 9.90 Å². The highest BCUT2D eigenvalue weighted by molar-refractivity contribution is 6.12. The van der Waals surface area contributed by atoms with Crippen molar-refractivity contribution in [3.8, 4) is 11.5 Å². The van der Waals surface area contributed by atoms with E-state index in [0.29, 0.717) is 12.3 Å². The molecule has 0 fully saturated rings. The van der Waals surface area contributed by atoms with E-state index in [1.807, 2.05) is 91.0 Å². The molecule has 0 saturated carbocycles. The van der Waals surface area contributed by atoms with Crippen LogP contribution in [0.15, 0.2) is 103 Å². The molecule has 0 aliphatic rings. The van der Waals surface area contributed by atoms with Crippen molar-refractivity contribution in [1.82, 2.24) is 0 Å². The fourth-order valence-electron chi connectivity index (χ4n) is 3.80. The number of hydrogen-bond donors (Lipinski definition) is 2. The predicted molar refractivity (Wildman–Crippen MR) is 128 cm³/mol. The van der Waals surface area contributed by atoms with Gasteiger partial charge in [-0.3, -0.25) is 4.79 Å². The maximum atomic E-state index is 13.0. The third kappa shape index (κ3) is 3.98. The Morgan fingerprint density at radius 3 is 2.28 bits per heavy atom. The number of phenolic OH excluding ortho intramolecular Hbond substituents is 1. The topological polar surface area (TPSA) is 58.6 Å². The lowest BCUT2D eigenvalue weighted by atomic mass is 10.0. The van der Waals surface area contributed by atoms with Gasteiger partial charge in [0.05, 0.1) is 5.56 Å². The van der Waals surface area contributed by atoms with Crippen LogP contribution >= 0.6 is 0 Å². The SMILES string of the molecule is O=C(Nc1cccc2cc(OCc3ccccc3)ccc12)c1cc2ccccc2cc1O. The summed E-state index contributed by atoms with van der Waals surface area (Å²) in [7, 11) is 0. The Kier molecular flexibility index (Phi) is 5.18. The van der Waals surface area contributed by atoms with Gasteiger partial charge in [0.2, 0.25) is 0 Å². The fraction of sp³-hybridized carbons (Fsp3) is 0.0357. The number of carbonyl (C=O) groups is 1. The van der Waals surface area contributed by atoms with Crippen molar-refractivity contribution < 1.29 is 14.6 Å². The number of hydrogen-bond acceptors (Lipinski definition) is 3. The second-order valence-corrected chi connectivity index (χ2v) is 7.63. The van der Waals surface area contributed by atoms with Crippen molar-refractivity contribution in [3.05, 3.63) is 114 Å². The molecule has 0 aliphatic carbocycles. The average Bonchev–Trinajstić information content (AvgIpc) is 2.83. The van der Waals surface area contributed by atoms with Gasteiger partial charge in [-0.25, -0.2) is 0 Å². The molecule has 5 aromatic carbocycles. The van der Waals surface area contributed by atoms with Crippen molar-refractivity contribution in [2.45, 2.75) is 6.61 Å². The molecular formula is C28H21NO3. The Hall–Kier alpha value is -4.31. The molecule has 0 atom stereocenters. The van der Waals surface area contributed by atoms with Gasteiger partial charge in [0, 0.05) is 11.1 Å². The van der Waals surface area contributed by atoms with Gasteiger partial charge < -0.3 is 15.2 Å². The number of amides is 1. The van der Waals surface area contributed by atoms with E-state index in [1.165, 1.54) is 0 Å². The summed E-state index contributed by atoms with van der Waals surface area (Å²) in [6.45, 7) is 0.490. The van der Waals surface area contributed by atoms with Gasteiger partial charge >= 0.3 is 0 Å². The van der Waals surface area contributed by atoms with Crippen LogP contribution in [0.25, 0.3) is 21.5 Å². The number of phenols is 1. The normalized spacial score (nSPS) is 10.9. The molecule has 0 heterocycles. The van der Waals surface area contributed by atoms with Crippen LogP contribution in [0.2, 0.25) is 0 Å². The molecule has 0 radical (unpaired) electrons. The quantitative estimate of drug-likeness (QED) is 0.340. The van der Waals surface area contributed by atoms with Crippen LogP contribution in [0, 0.1) is 0 Å². The summed E-state index contributed by atoms with van der Waals surface area (Å²) in [6.07, 6.45) is 0. The van der Waals surface area contributed by atoms with Gasteiger partial charge in [0.1, 0.15) is 18.1 Å².